The predicted octanol–water partition coefficient (Wildman–Crippen LogP) is 2.18. The first-order chi connectivity index (χ1) is 19.2. The predicted molar refractivity (Wildman–Crippen MR) is 148 cm³/mol. The quantitative estimate of drug-likeness (QED) is 0.293. The fourth-order valence-electron chi connectivity index (χ4n) is 6.94. The SMILES string of the molecule is C[C@H](NC(=O)[C@@H]1[C@@H]2[C@H](CN1C(=O)[C@@H](NC(=O)c1cc3c(F)cccc3[nH]1)C1CCCCC1)C2(C)C)C(O)S(=O)(=O)O. The highest BCUT2D eigenvalue weighted by atomic mass is 32.2. The molecule has 1 aliphatic heterocycles. The van der Waals surface area contributed by atoms with Gasteiger partial charge in [0.25, 0.3) is 16.0 Å². The molecule has 5 N–H and O–H groups in total. The van der Waals surface area contributed by atoms with Crippen molar-refractivity contribution in [1.29, 1.82) is 0 Å². The van der Waals surface area contributed by atoms with E-state index in [9.17, 15) is 36.9 Å². The average Bonchev–Trinajstić information content (AvgIpc) is 3.31. The molecule has 0 radical (unpaired) electrons. The molecule has 1 aromatic carbocycles. The zero-order valence-electron chi connectivity index (χ0n) is 23.3. The van der Waals surface area contributed by atoms with E-state index in [1.165, 1.54) is 30.0 Å². The van der Waals surface area contributed by atoms with Crippen molar-refractivity contribution in [2.75, 3.05) is 6.54 Å². The fraction of sp³-hybridized carbons (Fsp3) is 0.607. The molecule has 11 nitrogen and oxygen atoms in total. The molecule has 3 amide bonds. The Balaban J connectivity index is 1.40. The van der Waals surface area contributed by atoms with Crippen LogP contribution in [0.4, 0.5) is 4.39 Å². The van der Waals surface area contributed by atoms with E-state index in [-0.39, 0.29) is 34.2 Å². The summed E-state index contributed by atoms with van der Waals surface area (Å²) in [5.41, 5.74) is -1.89. The van der Waals surface area contributed by atoms with Gasteiger partial charge in [-0.2, -0.15) is 8.42 Å². The van der Waals surface area contributed by atoms with Gasteiger partial charge in [0, 0.05) is 17.4 Å². The minimum absolute atomic E-state index is 0.0309. The van der Waals surface area contributed by atoms with Crippen LogP contribution >= 0.6 is 0 Å². The van der Waals surface area contributed by atoms with Gasteiger partial charge < -0.3 is 25.6 Å². The number of aliphatic hydroxyl groups excluding tert-OH is 1. The summed E-state index contributed by atoms with van der Waals surface area (Å²) in [5, 5.41) is 15.5. The van der Waals surface area contributed by atoms with Crippen LogP contribution in [0.5, 0.6) is 0 Å². The first kappa shape index (κ1) is 29.5. The minimum atomic E-state index is -4.82. The van der Waals surface area contributed by atoms with Crippen LogP contribution in [0.25, 0.3) is 10.9 Å². The smallest absolute Gasteiger partial charge is 0.294 e. The number of aliphatic hydroxyl groups is 1. The molecule has 5 rings (SSSR count). The molecule has 1 unspecified atom stereocenters. The van der Waals surface area contributed by atoms with Gasteiger partial charge in [0.2, 0.25) is 17.3 Å². The number of fused-ring (bicyclic) bond motifs is 2. The average molecular weight is 593 g/mol. The highest BCUT2D eigenvalue weighted by Gasteiger charge is 2.69. The third-order valence-corrected chi connectivity index (χ3v) is 10.4. The number of carbonyl (C=O) groups is 3. The van der Waals surface area contributed by atoms with Gasteiger partial charge in [0.1, 0.15) is 23.6 Å². The summed E-state index contributed by atoms with van der Waals surface area (Å²) in [6, 6.07) is 2.71. The molecule has 224 valence electrons. The Morgan fingerprint density at radius 2 is 1.83 bits per heavy atom. The summed E-state index contributed by atoms with van der Waals surface area (Å²) in [4.78, 5) is 45.4. The topological polar surface area (TPSA) is 169 Å². The van der Waals surface area contributed by atoms with Gasteiger partial charge in [0.05, 0.1) is 6.04 Å². The van der Waals surface area contributed by atoms with Crippen LogP contribution in [-0.2, 0) is 19.7 Å². The summed E-state index contributed by atoms with van der Waals surface area (Å²) in [6.07, 6.45) is 4.26. The minimum Gasteiger partial charge on any atom is -0.374 e. The monoisotopic (exact) mass is 592 g/mol. The van der Waals surface area contributed by atoms with Gasteiger partial charge in [-0.3, -0.25) is 18.9 Å². The zero-order valence-corrected chi connectivity index (χ0v) is 24.1. The van der Waals surface area contributed by atoms with E-state index in [0.29, 0.717) is 12.1 Å². The van der Waals surface area contributed by atoms with Crippen molar-refractivity contribution in [3.8, 4) is 0 Å². The van der Waals surface area contributed by atoms with Gasteiger partial charge in [-0.15, -0.1) is 0 Å². The van der Waals surface area contributed by atoms with Crippen LogP contribution < -0.4 is 10.6 Å². The second-order valence-corrected chi connectivity index (χ2v) is 13.8. The van der Waals surface area contributed by atoms with Crippen molar-refractivity contribution in [3.63, 3.8) is 0 Å². The van der Waals surface area contributed by atoms with E-state index in [1.54, 1.807) is 6.07 Å². The summed E-state index contributed by atoms with van der Waals surface area (Å²) < 4.78 is 46.3. The third-order valence-electron chi connectivity index (χ3n) is 9.39. The molecule has 3 aliphatic rings. The van der Waals surface area contributed by atoms with E-state index >= 15 is 0 Å². The molecule has 2 aromatic rings. The summed E-state index contributed by atoms with van der Waals surface area (Å²) in [7, 11) is -4.82. The lowest BCUT2D eigenvalue weighted by Crippen LogP contribution is -2.59. The number of H-pyrrole nitrogens is 1. The number of nitrogens with one attached hydrogen (secondary N) is 3. The number of benzene rings is 1. The lowest BCUT2D eigenvalue weighted by Gasteiger charge is -2.37. The second-order valence-electron chi connectivity index (χ2n) is 12.3. The number of carbonyl (C=O) groups excluding carboxylic acids is 3. The van der Waals surface area contributed by atoms with Crippen molar-refractivity contribution in [1.82, 2.24) is 20.5 Å². The molecule has 2 aliphatic carbocycles. The number of hydrogen-bond donors (Lipinski definition) is 5. The Morgan fingerprint density at radius 1 is 1.15 bits per heavy atom. The Hall–Kier alpha value is -3.03. The number of aromatic nitrogens is 1. The van der Waals surface area contributed by atoms with Gasteiger partial charge in [-0.25, -0.2) is 4.39 Å². The van der Waals surface area contributed by atoms with E-state index in [4.69, 9.17) is 0 Å². The van der Waals surface area contributed by atoms with Gasteiger partial charge in [-0.1, -0.05) is 39.2 Å². The number of piperidine rings is 1. The van der Waals surface area contributed by atoms with Gasteiger partial charge in [0.15, 0.2) is 0 Å². The van der Waals surface area contributed by atoms with Gasteiger partial charge >= 0.3 is 0 Å². The Kier molecular flexibility index (Phi) is 7.66. The van der Waals surface area contributed by atoms with Crippen LogP contribution in [0.1, 0.15) is 63.4 Å². The van der Waals surface area contributed by atoms with Gasteiger partial charge in [-0.05, 0) is 61.1 Å². The third kappa shape index (κ3) is 5.46. The molecule has 13 heteroatoms. The number of likely N-dealkylation sites (tertiary alicyclic amines) is 1. The normalized spacial score (nSPS) is 26.2. The molecule has 0 spiro atoms. The summed E-state index contributed by atoms with van der Waals surface area (Å²) in [6.45, 7) is 5.54. The standard InChI is InChI=1S/C28H37FN4O7S/c1-14(27(37)41(38,39)40)30-25(35)23-21-17(28(21,2)3)13-33(23)26(36)22(15-8-5-4-6-9-15)32-24(34)20-12-16-18(29)10-7-11-19(16)31-20/h7,10-12,14-15,17,21-23,27,31,37H,4-6,8-9,13H2,1-3H3,(H,30,35)(H,32,34)(H,38,39,40)/t14-,17-,21-,22-,23-,27?/m0/s1. The Bertz CT molecular complexity index is 1470. The second kappa shape index (κ2) is 10.7. The number of aromatic amines is 1. The molecule has 1 aromatic heterocycles. The van der Waals surface area contributed by atoms with E-state index in [1.807, 2.05) is 13.8 Å². The Labute approximate surface area is 238 Å². The van der Waals surface area contributed by atoms with Crippen LogP contribution in [0.3, 0.4) is 0 Å². The Morgan fingerprint density at radius 3 is 2.46 bits per heavy atom. The molecule has 0 bridgehead atoms. The lowest BCUT2D eigenvalue weighted by atomic mass is 9.83. The van der Waals surface area contributed by atoms with Crippen LogP contribution in [-0.4, -0.2) is 75.8 Å². The van der Waals surface area contributed by atoms with Crippen molar-refractivity contribution in [2.45, 2.75) is 76.4 Å². The molecule has 2 saturated carbocycles. The first-order valence-corrected chi connectivity index (χ1v) is 15.6. The maximum atomic E-state index is 14.3. The highest BCUT2D eigenvalue weighted by molar-refractivity contribution is 7.86. The highest BCUT2D eigenvalue weighted by Crippen LogP contribution is 2.65. The van der Waals surface area contributed by atoms with Crippen molar-refractivity contribution in [2.24, 2.45) is 23.2 Å². The number of rotatable bonds is 8. The van der Waals surface area contributed by atoms with E-state index < -0.39 is 57.2 Å². The molecule has 2 heterocycles. The van der Waals surface area contributed by atoms with E-state index in [2.05, 4.69) is 15.6 Å². The fourth-order valence-corrected chi connectivity index (χ4v) is 7.52. The zero-order chi connectivity index (χ0) is 29.9. The summed E-state index contributed by atoms with van der Waals surface area (Å²) in [5.74, 6) is -2.39. The van der Waals surface area contributed by atoms with E-state index in [0.717, 1.165) is 32.1 Å². The number of amides is 3. The van der Waals surface area contributed by atoms with Crippen molar-refractivity contribution >= 4 is 38.7 Å². The lowest BCUT2D eigenvalue weighted by molar-refractivity contribution is -0.143. The van der Waals surface area contributed by atoms with Crippen molar-refractivity contribution < 1.29 is 36.9 Å². The molecule has 41 heavy (non-hydrogen) atoms. The molecular weight excluding hydrogens is 555 g/mol. The first-order valence-electron chi connectivity index (χ1n) is 14.0. The van der Waals surface area contributed by atoms with Crippen LogP contribution in [0.15, 0.2) is 24.3 Å². The summed E-state index contributed by atoms with van der Waals surface area (Å²) >= 11 is 0. The maximum Gasteiger partial charge on any atom is 0.294 e. The maximum absolute atomic E-state index is 14.3. The number of hydrogen-bond acceptors (Lipinski definition) is 6. The van der Waals surface area contributed by atoms with Crippen molar-refractivity contribution in [3.05, 3.63) is 35.8 Å². The molecular formula is C28H37FN4O7S. The number of nitrogens with zero attached hydrogens (tertiary/aromatic N) is 1. The molecule has 6 atom stereocenters. The molecule has 1 saturated heterocycles. The number of halogens is 1. The van der Waals surface area contributed by atoms with Crippen LogP contribution in [0, 0.1) is 29.0 Å². The largest absolute Gasteiger partial charge is 0.374 e. The van der Waals surface area contributed by atoms with Crippen LogP contribution in [0.2, 0.25) is 0 Å². The molecule has 3 fully saturated rings.